The molecule has 1 fully saturated rings. The number of hydrogen-bond donors (Lipinski definition) is 2. The first kappa shape index (κ1) is 17.6. The number of carbonyl (C=O) groups excluding carboxylic acids is 1. The summed E-state index contributed by atoms with van der Waals surface area (Å²) in [6.45, 7) is 1.70. The van der Waals surface area contributed by atoms with Crippen molar-refractivity contribution in [2.45, 2.75) is 44.3 Å². The van der Waals surface area contributed by atoms with Gasteiger partial charge in [-0.2, -0.15) is 8.78 Å². The van der Waals surface area contributed by atoms with Gasteiger partial charge in [-0.15, -0.1) is 0 Å². The van der Waals surface area contributed by atoms with E-state index in [-0.39, 0.29) is 17.7 Å². The van der Waals surface area contributed by atoms with Crippen LogP contribution in [0.2, 0.25) is 0 Å². The maximum atomic E-state index is 14.0. The molecule has 2 amide bonds. The third-order valence-corrected chi connectivity index (χ3v) is 3.90. The van der Waals surface area contributed by atoms with Crippen LogP contribution in [0, 0.1) is 5.82 Å². The van der Waals surface area contributed by atoms with E-state index in [1.54, 1.807) is 0 Å². The molecule has 1 heterocycles. The Morgan fingerprint density at radius 3 is 2.70 bits per heavy atom. The first-order chi connectivity index (χ1) is 10.9. The van der Waals surface area contributed by atoms with Gasteiger partial charge in [-0.1, -0.05) is 19.1 Å². The average molecular weight is 330 g/mol. The van der Waals surface area contributed by atoms with Gasteiger partial charge in [0.05, 0.1) is 12.6 Å². The summed E-state index contributed by atoms with van der Waals surface area (Å²) >= 11 is 0. The highest BCUT2D eigenvalue weighted by atomic mass is 19.3. The molecule has 0 spiro atoms. The molecule has 2 N–H and O–H groups in total. The Balaban J connectivity index is 1.82. The maximum absolute atomic E-state index is 14.0. The molecule has 128 valence electrons. The van der Waals surface area contributed by atoms with Gasteiger partial charge in [-0.3, -0.25) is 0 Å². The lowest BCUT2D eigenvalue weighted by Gasteiger charge is -2.29. The molecule has 0 aliphatic carbocycles. The molecule has 1 aromatic rings. The summed E-state index contributed by atoms with van der Waals surface area (Å²) < 4.78 is 46.2. The van der Waals surface area contributed by atoms with Gasteiger partial charge < -0.3 is 15.4 Å². The Morgan fingerprint density at radius 2 is 2.04 bits per heavy atom. The molecule has 2 unspecified atom stereocenters. The minimum Gasteiger partial charge on any atom is -0.378 e. The second kappa shape index (κ2) is 7.68. The Morgan fingerprint density at radius 1 is 1.35 bits per heavy atom. The fourth-order valence-corrected chi connectivity index (χ4v) is 2.52. The van der Waals surface area contributed by atoms with Crippen LogP contribution >= 0.6 is 0 Å². The van der Waals surface area contributed by atoms with Crippen LogP contribution in [0.1, 0.15) is 31.7 Å². The van der Waals surface area contributed by atoms with Crippen LogP contribution in [0.5, 0.6) is 0 Å². The Bertz CT molecular complexity index is 523. The monoisotopic (exact) mass is 330 g/mol. The zero-order chi connectivity index (χ0) is 16.9. The van der Waals surface area contributed by atoms with E-state index in [0.717, 1.165) is 30.7 Å². The average Bonchev–Trinajstić information content (AvgIpc) is 2.54. The number of halogens is 3. The number of rotatable bonds is 5. The van der Waals surface area contributed by atoms with Crippen molar-refractivity contribution in [3.63, 3.8) is 0 Å². The van der Waals surface area contributed by atoms with E-state index in [1.165, 1.54) is 0 Å². The van der Waals surface area contributed by atoms with E-state index < -0.39 is 24.3 Å². The molecule has 23 heavy (non-hydrogen) atoms. The number of urea groups is 1. The van der Waals surface area contributed by atoms with Gasteiger partial charge in [0.2, 0.25) is 0 Å². The molecule has 0 bridgehead atoms. The number of hydrogen-bond acceptors (Lipinski definition) is 2. The van der Waals surface area contributed by atoms with Gasteiger partial charge in [0, 0.05) is 18.2 Å². The normalized spacial score (nSPS) is 21.7. The molecule has 1 aliphatic heterocycles. The standard InChI is InChI=1S/C16H21F3N2O2/c1-2-14-9-13(7-8-23-14)21-15(22)20-10-16(18,19)11-3-5-12(17)6-4-11/h3-6,13-14H,2,7-10H2,1H3,(H2,20,21,22). The fourth-order valence-electron chi connectivity index (χ4n) is 2.52. The molecule has 0 saturated carbocycles. The quantitative estimate of drug-likeness (QED) is 0.871. The third-order valence-electron chi connectivity index (χ3n) is 3.90. The third kappa shape index (κ3) is 5.13. The van der Waals surface area contributed by atoms with E-state index in [9.17, 15) is 18.0 Å². The van der Waals surface area contributed by atoms with Crippen molar-refractivity contribution in [1.29, 1.82) is 0 Å². The summed E-state index contributed by atoms with van der Waals surface area (Å²) in [5.74, 6) is -3.84. The van der Waals surface area contributed by atoms with Gasteiger partial charge in [-0.05, 0) is 31.4 Å². The highest BCUT2D eigenvalue weighted by Crippen LogP contribution is 2.27. The van der Waals surface area contributed by atoms with Crippen LogP contribution in [0.3, 0.4) is 0 Å². The lowest BCUT2D eigenvalue weighted by Crippen LogP contribution is -2.48. The van der Waals surface area contributed by atoms with E-state index in [2.05, 4.69) is 10.6 Å². The molecule has 4 nitrogen and oxygen atoms in total. The second-order valence-corrected chi connectivity index (χ2v) is 5.66. The SMILES string of the molecule is CCC1CC(NC(=O)NCC(F)(F)c2ccc(F)cc2)CCO1. The van der Waals surface area contributed by atoms with E-state index >= 15 is 0 Å². The lowest BCUT2D eigenvalue weighted by molar-refractivity contribution is -0.00393. The summed E-state index contributed by atoms with van der Waals surface area (Å²) in [7, 11) is 0. The van der Waals surface area contributed by atoms with Crippen molar-refractivity contribution in [2.24, 2.45) is 0 Å². The molecule has 7 heteroatoms. The van der Waals surface area contributed by atoms with Crippen molar-refractivity contribution in [1.82, 2.24) is 10.6 Å². The van der Waals surface area contributed by atoms with Crippen LogP contribution in [0.15, 0.2) is 24.3 Å². The minimum absolute atomic E-state index is 0.0758. The molecule has 1 aliphatic rings. The van der Waals surface area contributed by atoms with Crippen LogP contribution < -0.4 is 10.6 Å². The smallest absolute Gasteiger partial charge is 0.315 e. The van der Waals surface area contributed by atoms with Crippen molar-refractivity contribution in [2.75, 3.05) is 13.2 Å². The first-order valence-electron chi connectivity index (χ1n) is 7.70. The highest BCUT2D eigenvalue weighted by Gasteiger charge is 2.32. The number of amides is 2. The van der Waals surface area contributed by atoms with Gasteiger partial charge >= 0.3 is 6.03 Å². The summed E-state index contributed by atoms with van der Waals surface area (Å²) in [6.07, 6.45) is 2.29. The van der Waals surface area contributed by atoms with Crippen LogP contribution in [-0.2, 0) is 10.7 Å². The number of benzene rings is 1. The van der Waals surface area contributed by atoms with Gasteiger partial charge in [0.15, 0.2) is 0 Å². The predicted molar refractivity (Wildman–Crippen MR) is 79.9 cm³/mol. The topological polar surface area (TPSA) is 50.4 Å². The minimum atomic E-state index is -3.26. The molecule has 2 rings (SSSR count). The van der Waals surface area contributed by atoms with Crippen LogP contribution in [-0.4, -0.2) is 31.3 Å². The molecular weight excluding hydrogens is 309 g/mol. The predicted octanol–water partition coefficient (Wildman–Crippen LogP) is 3.17. The summed E-state index contributed by atoms with van der Waals surface area (Å²) in [6, 6.07) is 3.26. The molecular formula is C16H21F3N2O2. The van der Waals surface area contributed by atoms with E-state index in [4.69, 9.17) is 4.74 Å². The van der Waals surface area contributed by atoms with Crippen LogP contribution in [0.4, 0.5) is 18.0 Å². The molecule has 1 saturated heterocycles. The second-order valence-electron chi connectivity index (χ2n) is 5.66. The van der Waals surface area contributed by atoms with Gasteiger partial charge in [0.1, 0.15) is 5.82 Å². The van der Waals surface area contributed by atoms with E-state index in [1.807, 2.05) is 6.92 Å². The van der Waals surface area contributed by atoms with Gasteiger partial charge in [-0.25, -0.2) is 9.18 Å². The number of ether oxygens (including phenoxy) is 1. The number of nitrogens with one attached hydrogen (secondary N) is 2. The van der Waals surface area contributed by atoms with Crippen molar-refractivity contribution in [3.8, 4) is 0 Å². The maximum Gasteiger partial charge on any atom is 0.315 e. The fraction of sp³-hybridized carbons (Fsp3) is 0.562. The Kier molecular flexibility index (Phi) is 5.87. The molecule has 0 radical (unpaired) electrons. The highest BCUT2D eigenvalue weighted by molar-refractivity contribution is 5.74. The first-order valence-corrected chi connectivity index (χ1v) is 7.70. The van der Waals surface area contributed by atoms with E-state index in [0.29, 0.717) is 19.4 Å². The van der Waals surface area contributed by atoms with Crippen molar-refractivity contribution < 1.29 is 22.7 Å². The zero-order valence-corrected chi connectivity index (χ0v) is 13.0. The Hall–Kier alpha value is -1.76. The zero-order valence-electron chi connectivity index (χ0n) is 13.0. The molecule has 2 atom stereocenters. The largest absolute Gasteiger partial charge is 0.378 e. The van der Waals surface area contributed by atoms with Gasteiger partial charge in [0.25, 0.3) is 5.92 Å². The summed E-state index contributed by atoms with van der Waals surface area (Å²) in [5.41, 5.74) is -0.337. The van der Waals surface area contributed by atoms with Crippen molar-refractivity contribution >= 4 is 6.03 Å². The van der Waals surface area contributed by atoms with Crippen molar-refractivity contribution in [3.05, 3.63) is 35.6 Å². The summed E-state index contributed by atoms with van der Waals surface area (Å²) in [4.78, 5) is 11.8. The molecule has 1 aromatic carbocycles. The number of alkyl halides is 2. The van der Waals surface area contributed by atoms with Crippen LogP contribution in [0.25, 0.3) is 0 Å². The molecule has 0 aromatic heterocycles. The summed E-state index contributed by atoms with van der Waals surface area (Å²) in [5, 5.41) is 4.87. The Labute approximate surface area is 133 Å². The lowest BCUT2D eigenvalue weighted by atomic mass is 10.0. The number of carbonyl (C=O) groups is 1.